The predicted molar refractivity (Wildman–Crippen MR) is 78.6 cm³/mol. The SMILES string of the molecule is CCN1CCN(c2nc(NC)nc(-n3cncn3)n2)CC1. The first-order valence-corrected chi connectivity index (χ1v) is 7.06. The van der Waals surface area contributed by atoms with Crippen molar-refractivity contribution in [3.8, 4) is 5.95 Å². The molecule has 1 N–H and O–H groups in total. The van der Waals surface area contributed by atoms with Crippen LogP contribution in [-0.4, -0.2) is 74.4 Å². The Bertz CT molecular complexity index is 574. The summed E-state index contributed by atoms with van der Waals surface area (Å²) in [5.74, 6) is 1.68. The van der Waals surface area contributed by atoms with Crippen LogP contribution in [-0.2, 0) is 0 Å². The van der Waals surface area contributed by atoms with Crippen molar-refractivity contribution in [3.63, 3.8) is 0 Å². The second-order valence-electron chi connectivity index (χ2n) is 4.77. The first kappa shape index (κ1) is 13.7. The molecule has 2 aromatic heterocycles. The summed E-state index contributed by atoms with van der Waals surface area (Å²) in [6, 6.07) is 0. The molecule has 0 bridgehead atoms. The lowest BCUT2D eigenvalue weighted by Crippen LogP contribution is -2.46. The van der Waals surface area contributed by atoms with Gasteiger partial charge >= 0.3 is 0 Å². The number of anilines is 2. The zero-order valence-electron chi connectivity index (χ0n) is 12.3. The van der Waals surface area contributed by atoms with E-state index in [1.54, 1.807) is 13.4 Å². The number of hydrogen-bond acceptors (Lipinski definition) is 8. The highest BCUT2D eigenvalue weighted by Crippen LogP contribution is 2.14. The molecule has 0 spiro atoms. The van der Waals surface area contributed by atoms with E-state index in [9.17, 15) is 0 Å². The molecule has 9 nitrogen and oxygen atoms in total. The second kappa shape index (κ2) is 6.00. The fraction of sp³-hybridized carbons (Fsp3) is 0.583. The summed E-state index contributed by atoms with van der Waals surface area (Å²) in [7, 11) is 1.79. The molecule has 0 saturated carbocycles. The van der Waals surface area contributed by atoms with Crippen molar-refractivity contribution >= 4 is 11.9 Å². The van der Waals surface area contributed by atoms with Crippen LogP contribution in [0, 0.1) is 0 Å². The Kier molecular flexibility index (Phi) is 3.91. The number of aromatic nitrogens is 6. The van der Waals surface area contributed by atoms with E-state index in [1.165, 1.54) is 11.0 Å². The first-order chi connectivity index (χ1) is 10.3. The third-order valence-electron chi connectivity index (χ3n) is 3.56. The van der Waals surface area contributed by atoms with Gasteiger partial charge in [-0.25, -0.2) is 4.98 Å². The van der Waals surface area contributed by atoms with Crippen molar-refractivity contribution in [2.75, 3.05) is 50.0 Å². The smallest absolute Gasteiger partial charge is 0.258 e. The maximum atomic E-state index is 4.50. The lowest BCUT2D eigenvalue weighted by molar-refractivity contribution is 0.270. The van der Waals surface area contributed by atoms with Gasteiger partial charge in [-0.2, -0.15) is 24.7 Å². The van der Waals surface area contributed by atoms with Crippen molar-refractivity contribution in [2.45, 2.75) is 6.92 Å². The van der Waals surface area contributed by atoms with Crippen molar-refractivity contribution < 1.29 is 0 Å². The Morgan fingerprint density at radius 1 is 1.10 bits per heavy atom. The Labute approximate surface area is 123 Å². The fourth-order valence-corrected chi connectivity index (χ4v) is 2.29. The summed E-state index contributed by atoms with van der Waals surface area (Å²) >= 11 is 0. The zero-order chi connectivity index (χ0) is 14.7. The lowest BCUT2D eigenvalue weighted by Gasteiger charge is -2.34. The maximum Gasteiger partial charge on any atom is 0.258 e. The molecule has 0 atom stereocenters. The Balaban J connectivity index is 1.86. The Morgan fingerprint density at radius 3 is 2.48 bits per heavy atom. The van der Waals surface area contributed by atoms with E-state index in [0.717, 1.165) is 32.7 Å². The van der Waals surface area contributed by atoms with Crippen LogP contribution in [0.2, 0.25) is 0 Å². The average Bonchev–Trinajstić information content (AvgIpc) is 3.09. The molecule has 0 aliphatic carbocycles. The van der Waals surface area contributed by atoms with Crippen LogP contribution in [0.3, 0.4) is 0 Å². The second-order valence-corrected chi connectivity index (χ2v) is 4.77. The van der Waals surface area contributed by atoms with Gasteiger partial charge in [-0.3, -0.25) is 0 Å². The van der Waals surface area contributed by atoms with Gasteiger partial charge in [-0.1, -0.05) is 6.92 Å². The Morgan fingerprint density at radius 2 is 1.86 bits per heavy atom. The van der Waals surface area contributed by atoms with Crippen molar-refractivity contribution in [2.24, 2.45) is 0 Å². The zero-order valence-corrected chi connectivity index (χ0v) is 12.3. The number of hydrogen-bond donors (Lipinski definition) is 1. The molecule has 0 unspecified atom stereocenters. The summed E-state index contributed by atoms with van der Waals surface area (Å²) in [5.41, 5.74) is 0. The topological polar surface area (TPSA) is 87.9 Å². The normalized spacial score (nSPS) is 16.2. The van der Waals surface area contributed by atoms with E-state index in [1.807, 2.05) is 0 Å². The number of nitrogens with one attached hydrogen (secondary N) is 1. The minimum atomic E-state index is 0.472. The van der Waals surface area contributed by atoms with Gasteiger partial charge in [0, 0.05) is 33.2 Å². The fourth-order valence-electron chi connectivity index (χ4n) is 2.29. The van der Waals surface area contributed by atoms with Gasteiger partial charge in [0.05, 0.1) is 0 Å². The molecule has 112 valence electrons. The summed E-state index contributed by atoms with van der Waals surface area (Å²) in [5, 5.41) is 7.04. The number of rotatable bonds is 4. The molecule has 9 heteroatoms. The average molecular weight is 289 g/mol. The third-order valence-corrected chi connectivity index (χ3v) is 3.56. The number of nitrogens with zero attached hydrogens (tertiary/aromatic N) is 8. The van der Waals surface area contributed by atoms with Crippen LogP contribution >= 0.6 is 0 Å². The number of likely N-dealkylation sites (N-methyl/N-ethyl adjacent to an activating group) is 1. The molecule has 3 rings (SSSR count). The third kappa shape index (κ3) is 2.92. The van der Waals surface area contributed by atoms with Crippen LogP contribution in [0.15, 0.2) is 12.7 Å². The van der Waals surface area contributed by atoms with E-state index in [-0.39, 0.29) is 0 Å². The molecule has 0 amide bonds. The van der Waals surface area contributed by atoms with Crippen molar-refractivity contribution in [3.05, 3.63) is 12.7 Å². The number of piperazine rings is 1. The first-order valence-electron chi connectivity index (χ1n) is 7.06. The molecular formula is C12H19N9. The summed E-state index contributed by atoms with van der Waals surface area (Å²) < 4.78 is 1.54. The highest BCUT2D eigenvalue weighted by molar-refractivity contribution is 5.40. The summed E-state index contributed by atoms with van der Waals surface area (Å²) in [6.07, 6.45) is 3.04. The molecule has 3 heterocycles. The molecule has 1 fully saturated rings. The molecule has 1 aliphatic rings. The molecule has 0 radical (unpaired) electrons. The van der Waals surface area contributed by atoms with Gasteiger partial charge in [0.2, 0.25) is 11.9 Å². The largest absolute Gasteiger partial charge is 0.357 e. The molecule has 2 aromatic rings. The quantitative estimate of drug-likeness (QED) is 0.816. The monoisotopic (exact) mass is 289 g/mol. The minimum absolute atomic E-state index is 0.472. The van der Waals surface area contributed by atoms with Gasteiger partial charge in [0.1, 0.15) is 12.7 Å². The van der Waals surface area contributed by atoms with Crippen LogP contribution in [0.4, 0.5) is 11.9 Å². The predicted octanol–water partition coefficient (Wildman–Crippen LogP) is -0.364. The standard InChI is InChI=1S/C12H19N9/c1-3-19-4-6-20(7-5-19)11-16-10(13-2)17-12(18-11)21-9-14-8-15-21/h8-9H,3-7H2,1-2H3,(H,13,16,17,18). The van der Waals surface area contributed by atoms with E-state index in [2.05, 4.69) is 47.1 Å². The summed E-state index contributed by atoms with van der Waals surface area (Å²) in [4.78, 5) is 21.8. The highest BCUT2D eigenvalue weighted by Gasteiger charge is 2.19. The molecule has 21 heavy (non-hydrogen) atoms. The van der Waals surface area contributed by atoms with Crippen LogP contribution < -0.4 is 10.2 Å². The lowest BCUT2D eigenvalue weighted by atomic mass is 10.3. The van der Waals surface area contributed by atoms with E-state index in [0.29, 0.717) is 17.8 Å². The van der Waals surface area contributed by atoms with E-state index < -0.39 is 0 Å². The van der Waals surface area contributed by atoms with E-state index >= 15 is 0 Å². The Hall–Kier alpha value is -2.29. The van der Waals surface area contributed by atoms with Gasteiger partial charge < -0.3 is 15.1 Å². The van der Waals surface area contributed by atoms with Gasteiger partial charge in [0.15, 0.2) is 0 Å². The van der Waals surface area contributed by atoms with Crippen LogP contribution in [0.5, 0.6) is 0 Å². The van der Waals surface area contributed by atoms with Crippen LogP contribution in [0.25, 0.3) is 5.95 Å². The minimum Gasteiger partial charge on any atom is -0.357 e. The highest BCUT2D eigenvalue weighted by atomic mass is 15.4. The van der Waals surface area contributed by atoms with Gasteiger partial charge in [0.25, 0.3) is 5.95 Å². The molecule has 1 saturated heterocycles. The van der Waals surface area contributed by atoms with Gasteiger partial charge in [-0.05, 0) is 6.54 Å². The van der Waals surface area contributed by atoms with Crippen molar-refractivity contribution in [1.82, 2.24) is 34.6 Å². The van der Waals surface area contributed by atoms with Gasteiger partial charge in [-0.15, -0.1) is 0 Å². The maximum absolute atomic E-state index is 4.50. The van der Waals surface area contributed by atoms with Crippen LogP contribution in [0.1, 0.15) is 6.92 Å². The van der Waals surface area contributed by atoms with E-state index in [4.69, 9.17) is 0 Å². The summed E-state index contributed by atoms with van der Waals surface area (Å²) in [6.45, 7) is 7.14. The molecular weight excluding hydrogens is 270 g/mol. The van der Waals surface area contributed by atoms with Crippen molar-refractivity contribution in [1.29, 1.82) is 0 Å². The molecule has 0 aromatic carbocycles. The molecule has 1 aliphatic heterocycles.